The number of sulfonamides is 1. The lowest BCUT2D eigenvalue weighted by Gasteiger charge is -2.34. The summed E-state index contributed by atoms with van der Waals surface area (Å²) in [6.45, 7) is 1.43. The van der Waals surface area contributed by atoms with Crippen molar-refractivity contribution in [3.8, 4) is 5.75 Å². The molecular weight excluding hydrogens is 388 g/mol. The van der Waals surface area contributed by atoms with Crippen molar-refractivity contribution in [1.29, 1.82) is 0 Å². The minimum absolute atomic E-state index is 0.0101. The highest BCUT2D eigenvalue weighted by Gasteiger charge is 2.31. The number of para-hydroxylation sites is 1. The van der Waals surface area contributed by atoms with Crippen LogP contribution in [0.2, 0.25) is 0 Å². The van der Waals surface area contributed by atoms with Gasteiger partial charge < -0.3 is 9.64 Å². The number of carbonyl (C=O) groups excluding carboxylic acids is 1. The van der Waals surface area contributed by atoms with Gasteiger partial charge in [0.25, 0.3) is 0 Å². The molecule has 7 heteroatoms. The van der Waals surface area contributed by atoms with E-state index < -0.39 is 10.0 Å². The number of methoxy groups -OCH3 is 1. The van der Waals surface area contributed by atoms with Crippen LogP contribution in [0.3, 0.4) is 0 Å². The maximum absolute atomic E-state index is 13.0. The van der Waals surface area contributed by atoms with E-state index in [9.17, 15) is 13.2 Å². The van der Waals surface area contributed by atoms with E-state index in [1.807, 2.05) is 36.4 Å². The van der Waals surface area contributed by atoms with Gasteiger partial charge in [-0.25, -0.2) is 8.42 Å². The molecule has 1 saturated heterocycles. The van der Waals surface area contributed by atoms with Gasteiger partial charge >= 0.3 is 0 Å². The second-order valence-electron chi connectivity index (χ2n) is 7.56. The number of rotatable bonds is 5. The quantitative estimate of drug-likeness (QED) is 0.753. The van der Waals surface area contributed by atoms with Gasteiger partial charge in [-0.1, -0.05) is 24.3 Å². The molecule has 0 atom stereocenters. The second kappa shape index (κ2) is 8.16. The number of piperazine rings is 1. The molecule has 0 saturated carbocycles. The van der Waals surface area contributed by atoms with E-state index in [1.54, 1.807) is 18.1 Å². The standard InChI is InChI=1S/C22H26N2O4S/c1-28-21-8-3-2-5-19(21)16-22(25)23-11-13-24(14-12-23)29(26,27)20-10-9-17-6-4-7-18(17)15-20/h2-3,5,8-10,15H,4,6-7,11-14,16H2,1H3. The van der Waals surface area contributed by atoms with Crippen molar-refractivity contribution >= 4 is 15.9 Å². The second-order valence-corrected chi connectivity index (χ2v) is 9.50. The average Bonchev–Trinajstić information content (AvgIpc) is 3.22. The van der Waals surface area contributed by atoms with Crippen molar-refractivity contribution < 1.29 is 17.9 Å². The number of benzene rings is 2. The van der Waals surface area contributed by atoms with Gasteiger partial charge in [-0.05, 0) is 48.6 Å². The van der Waals surface area contributed by atoms with Crippen LogP contribution in [-0.2, 0) is 34.1 Å². The summed E-state index contributed by atoms with van der Waals surface area (Å²) in [6.07, 6.45) is 3.32. The molecule has 4 rings (SSSR count). The van der Waals surface area contributed by atoms with Crippen LogP contribution < -0.4 is 4.74 Å². The maximum Gasteiger partial charge on any atom is 0.243 e. The third-order valence-electron chi connectivity index (χ3n) is 5.83. The summed E-state index contributed by atoms with van der Waals surface area (Å²) in [5.74, 6) is 0.683. The maximum atomic E-state index is 13.0. The predicted molar refractivity (Wildman–Crippen MR) is 111 cm³/mol. The number of amides is 1. The van der Waals surface area contributed by atoms with Gasteiger partial charge in [0, 0.05) is 31.7 Å². The van der Waals surface area contributed by atoms with Gasteiger partial charge in [-0.15, -0.1) is 0 Å². The fourth-order valence-electron chi connectivity index (χ4n) is 4.16. The molecule has 2 aliphatic rings. The van der Waals surface area contributed by atoms with Crippen molar-refractivity contribution in [2.75, 3.05) is 33.3 Å². The minimum atomic E-state index is -3.53. The molecule has 1 aliphatic heterocycles. The monoisotopic (exact) mass is 414 g/mol. The fraction of sp³-hybridized carbons (Fsp3) is 0.409. The topological polar surface area (TPSA) is 66.9 Å². The molecule has 1 aliphatic carbocycles. The van der Waals surface area contributed by atoms with Crippen LogP contribution in [-0.4, -0.2) is 56.8 Å². The zero-order valence-electron chi connectivity index (χ0n) is 16.6. The van der Waals surface area contributed by atoms with Crippen molar-refractivity contribution in [3.05, 3.63) is 59.2 Å². The van der Waals surface area contributed by atoms with Crippen molar-refractivity contribution in [3.63, 3.8) is 0 Å². The van der Waals surface area contributed by atoms with E-state index in [-0.39, 0.29) is 12.3 Å². The first-order valence-corrected chi connectivity index (χ1v) is 11.4. The first-order valence-electron chi connectivity index (χ1n) is 10.0. The molecule has 2 aromatic rings. The van der Waals surface area contributed by atoms with E-state index in [0.717, 1.165) is 30.4 Å². The molecule has 154 valence electrons. The highest BCUT2D eigenvalue weighted by molar-refractivity contribution is 7.89. The van der Waals surface area contributed by atoms with Gasteiger partial charge in [-0.2, -0.15) is 4.31 Å². The molecular formula is C22H26N2O4S. The smallest absolute Gasteiger partial charge is 0.243 e. The zero-order chi connectivity index (χ0) is 20.4. The van der Waals surface area contributed by atoms with Crippen LogP contribution in [0, 0.1) is 0 Å². The third kappa shape index (κ3) is 4.02. The summed E-state index contributed by atoms with van der Waals surface area (Å²) in [5, 5.41) is 0. The highest BCUT2D eigenvalue weighted by atomic mass is 32.2. The average molecular weight is 415 g/mol. The molecule has 0 bridgehead atoms. The molecule has 0 aromatic heterocycles. The Morgan fingerprint density at radius 1 is 1.00 bits per heavy atom. The van der Waals surface area contributed by atoms with Crippen LogP contribution in [0.15, 0.2) is 47.4 Å². The number of hydrogen-bond acceptors (Lipinski definition) is 4. The molecule has 0 spiro atoms. The Morgan fingerprint density at radius 3 is 2.48 bits per heavy atom. The molecule has 29 heavy (non-hydrogen) atoms. The summed E-state index contributed by atoms with van der Waals surface area (Å²) < 4.78 is 32.9. The Bertz CT molecular complexity index is 1010. The number of ether oxygens (including phenoxy) is 1. The van der Waals surface area contributed by atoms with E-state index in [1.165, 1.54) is 9.87 Å². The molecule has 6 nitrogen and oxygen atoms in total. The SMILES string of the molecule is COc1ccccc1CC(=O)N1CCN(S(=O)(=O)c2ccc3c(c2)CCC3)CC1. The number of aryl methyl sites for hydroxylation is 2. The van der Waals surface area contributed by atoms with Crippen LogP contribution >= 0.6 is 0 Å². The van der Waals surface area contributed by atoms with Crippen molar-refractivity contribution in [1.82, 2.24) is 9.21 Å². The van der Waals surface area contributed by atoms with E-state index in [0.29, 0.717) is 36.8 Å². The molecule has 2 aromatic carbocycles. The predicted octanol–water partition coefficient (Wildman–Crippen LogP) is 2.26. The molecule has 1 heterocycles. The summed E-state index contributed by atoms with van der Waals surface area (Å²) in [5.41, 5.74) is 3.25. The van der Waals surface area contributed by atoms with E-state index >= 15 is 0 Å². The largest absolute Gasteiger partial charge is 0.496 e. The Kier molecular flexibility index (Phi) is 5.61. The van der Waals surface area contributed by atoms with Crippen LogP contribution in [0.5, 0.6) is 5.75 Å². The third-order valence-corrected chi connectivity index (χ3v) is 7.73. The highest BCUT2D eigenvalue weighted by Crippen LogP contribution is 2.27. The molecule has 1 fully saturated rings. The number of nitrogens with zero attached hydrogens (tertiary/aromatic N) is 2. The van der Waals surface area contributed by atoms with Gasteiger partial charge in [-0.3, -0.25) is 4.79 Å². The number of hydrogen-bond donors (Lipinski definition) is 0. The molecule has 0 N–H and O–H groups in total. The van der Waals surface area contributed by atoms with Crippen LogP contribution in [0.25, 0.3) is 0 Å². The zero-order valence-corrected chi connectivity index (χ0v) is 17.5. The first-order chi connectivity index (χ1) is 14.0. The number of carbonyl (C=O) groups is 1. The summed E-state index contributed by atoms with van der Waals surface area (Å²) in [6, 6.07) is 13.0. The van der Waals surface area contributed by atoms with Gasteiger partial charge in [0.1, 0.15) is 5.75 Å². The summed E-state index contributed by atoms with van der Waals surface area (Å²) in [7, 11) is -1.94. The Morgan fingerprint density at radius 2 is 1.72 bits per heavy atom. The lowest BCUT2D eigenvalue weighted by atomic mass is 10.1. The Labute approximate surface area is 172 Å². The fourth-order valence-corrected chi connectivity index (χ4v) is 5.63. The Balaban J connectivity index is 1.40. The first kappa shape index (κ1) is 19.9. The molecule has 1 amide bonds. The summed E-state index contributed by atoms with van der Waals surface area (Å²) in [4.78, 5) is 14.8. The molecule has 0 radical (unpaired) electrons. The van der Waals surface area contributed by atoms with Gasteiger partial charge in [0.15, 0.2) is 0 Å². The number of fused-ring (bicyclic) bond motifs is 1. The van der Waals surface area contributed by atoms with Gasteiger partial charge in [0.2, 0.25) is 15.9 Å². The Hall–Kier alpha value is -2.38. The van der Waals surface area contributed by atoms with Crippen molar-refractivity contribution in [2.24, 2.45) is 0 Å². The normalized spacial score (nSPS) is 17.2. The van der Waals surface area contributed by atoms with Gasteiger partial charge in [0.05, 0.1) is 18.4 Å². The summed E-state index contributed by atoms with van der Waals surface area (Å²) >= 11 is 0. The lowest BCUT2D eigenvalue weighted by molar-refractivity contribution is -0.131. The van der Waals surface area contributed by atoms with E-state index in [2.05, 4.69) is 0 Å². The minimum Gasteiger partial charge on any atom is -0.496 e. The van der Waals surface area contributed by atoms with Crippen LogP contribution in [0.4, 0.5) is 0 Å². The molecule has 0 unspecified atom stereocenters. The van der Waals surface area contributed by atoms with Crippen LogP contribution in [0.1, 0.15) is 23.1 Å². The van der Waals surface area contributed by atoms with Crippen molar-refractivity contribution in [2.45, 2.75) is 30.6 Å². The lowest BCUT2D eigenvalue weighted by Crippen LogP contribution is -2.50. The van der Waals surface area contributed by atoms with E-state index in [4.69, 9.17) is 4.74 Å².